The van der Waals surface area contributed by atoms with Gasteiger partial charge in [-0.25, -0.2) is 4.79 Å². The number of methoxy groups -OCH3 is 1. The van der Waals surface area contributed by atoms with Gasteiger partial charge in [0.1, 0.15) is 11.4 Å². The maximum atomic E-state index is 14.7. The van der Waals surface area contributed by atoms with Gasteiger partial charge in [0.15, 0.2) is 6.79 Å². The Kier molecular flexibility index (Phi) is 10.5. The van der Waals surface area contributed by atoms with Crippen LogP contribution in [0.5, 0.6) is 5.75 Å². The average Bonchev–Trinajstić information content (AvgIpc) is 3.08. The third-order valence-electron chi connectivity index (χ3n) is 9.01. The molecule has 1 aromatic heterocycles. The number of likely N-dealkylation sites (tertiary alicyclic amines) is 1. The number of benzene rings is 2. The number of likely N-dealkylation sites (N-methyl/N-ethyl adjacent to an activating group) is 1. The molecule has 0 radical (unpaired) electrons. The van der Waals surface area contributed by atoms with E-state index in [0.29, 0.717) is 51.3 Å². The number of ether oxygens (including phenoxy) is 3. The van der Waals surface area contributed by atoms with E-state index in [4.69, 9.17) is 14.2 Å². The van der Waals surface area contributed by atoms with E-state index in [2.05, 4.69) is 39.1 Å². The third kappa shape index (κ3) is 7.44. The van der Waals surface area contributed by atoms with Gasteiger partial charge in [0.2, 0.25) is 5.91 Å². The molecule has 0 spiro atoms. The summed E-state index contributed by atoms with van der Waals surface area (Å²) in [6.07, 6.45) is 4.32. The Morgan fingerprint density at radius 2 is 1.65 bits per heavy atom. The molecule has 2 aliphatic heterocycles. The first-order valence-electron chi connectivity index (χ1n) is 16.3. The van der Waals surface area contributed by atoms with Crippen molar-refractivity contribution in [2.75, 3.05) is 51.5 Å². The number of carbonyl (C=O) groups is 2. The fourth-order valence-corrected chi connectivity index (χ4v) is 6.65. The lowest BCUT2D eigenvalue weighted by molar-refractivity contribution is -0.141. The normalized spacial score (nSPS) is 17.0. The summed E-state index contributed by atoms with van der Waals surface area (Å²) in [5, 5.41) is 8.74. The number of rotatable bonds is 9. The number of carbonyl (C=O) groups excluding carboxylic acids is 2. The van der Waals surface area contributed by atoms with Crippen LogP contribution in [0.4, 0.5) is 10.5 Å². The number of nitrogens with zero attached hydrogens (tertiary/aromatic N) is 5. The van der Waals surface area contributed by atoms with Gasteiger partial charge in [-0.2, -0.15) is 10.2 Å². The summed E-state index contributed by atoms with van der Waals surface area (Å²) < 4.78 is 16.5. The van der Waals surface area contributed by atoms with Gasteiger partial charge in [-0.3, -0.25) is 4.79 Å². The Balaban J connectivity index is 1.33. The SMILES string of the molecule is CCN(C(=O)C1(c2ccccc2)CCN(c2cnnc(-c3ccccc3OCOC)c2)CC1)C1CCN(C(=O)OC(C)(C)C)CC1. The number of para-hydroxylation sites is 1. The summed E-state index contributed by atoms with van der Waals surface area (Å²) in [7, 11) is 1.59. The lowest BCUT2D eigenvalue weighted by Crippen LogP contribution is -2.57. The predicted molar refractivity (Wildman–Crippen MR) is 178 cm³/mol. The maximum Gasteiger partial charge on any atom is 0.410 e. The van der Waals surface area contributed by atoms with Gasteiger partial charge >= 0.3 is 6.09 Å². The van der Waals surface area contributed by atoms with Gasteiger partial charge in [0.25, 0.3) is 0 Å². The van der Waals surface area contributed by atoms with E-state index >= 15 is 0 Å². The van der Waals surface area contributed by atoms with Crippen LogP contribution in [0, 0.1) is 0 Å². The molecule has 0 bridgehead atoms. The Labute approximate surface area is 272 Å². The Morgan fingerprint density at radius 1 is 0.978 bits per heavy atom. The molecule has 2 saturated heterocycles. The first kappa shape index (κ1) is 33.2. The third-order valence-corrected chi connectivity index (χ3v) is 9.01. The number of anilines is 1. The Hall–Kier alpha value is -4.18. The monoisotopic (exact) mass is 629 g/mol. The van der Waals surface area contributed by atoms with Crippen LogP contribution in [-0.4, -0.2) is 90.3 Å². The lowest BCUT2D eigenvalue weighted by atomic mass is 9.71. The zero-order valence-corrected chi connectivity index (χ0v) is 27.8. The topological polar surface area (TPSA) is 97.3 Å². The molecule has 2 fully saturated rings. The van der Waals surface area contributed by atoms with Gasteiger partial charge in [0, 0.05) is 51.4 Å². The molecule has 3 heterocycles. The van der Waals surface area contributed by atoms with Crippen LogP contribution < -0.4 is 9.64 Å². The van der Waals surface area contributed by atoms with Gasteiger partial charge in [-0.15, -0.1) is 0 Å². The van der Waals surface area contributed by atoms with E-state index in [1.165, 1.54) is 0 Å². The summed E-state index contributed by atoms with van der Waals surface area (Å²) in [6, 6.07) is 20.1. The van der Waals surface area contributed by atoms with E-state index in [9.17, 15) is 9.59 Å². The van der Waals surface area contributed by atoms with E-state index in [-0.39, 0.29) is 24.8 Å². The number of amides is 2. The van der Waals surface area contributed by atoms with Crippen LogP contribution in [-0.2, 0) is 19.7 Å². The zero-order chi connectivity index (χ0) is 32.7. The summed E-state index contributed by atoms with van der Waals surface area (Å²) in [6.45, 7) is 11.0. The summed E-state index contributed by atoms with van der Waals surface area (Å²) in [5.41, 5.74) is 2.41. The number of aromatic nitrogens is 2. The highest BCUT2D eigenvalue weighted by molar-refractivity contribution is 5.89. The number of hydrogen-bond donors (Lipinski definition) is 0. The molecule has 2 aliphatic rings. The highest BCUT2D eigenvalue weighted by atomic mass is 16.7. The number of hydrogen-bond acceptors (Lipinski definition) is 8. The first-order chi connectivity index (χ1) is 22.1. The molecule has 246 valence electrons. The minimum atomic E-state index is -0.639. The molecular formula is C36H47N5O5. The molecule has 46 heavy (non-hydrogen) atoms. The van der Waals surface area contributed by atoms with Crippen LogP contribution in [0.2, 0.25) is 0 Å². The van der Waals surface area contributed by atoms with Crippen molar-refractivity contribution in [1.29, 1.82) is 0 Å². The second-order valence-corrected chi connectivity index (χ2v) is 13.1. The van der Waals surface area contributed by atoms with Gasteiger partial charge in [-0.05, 0) is 77.1 Å². The standard InChI is InChI=1S/C36H47N5O5/c1-6-41(28-16-20-40(21-17-28)34(43)46-35(2,3)4)33(42)36(27-12-8-7-9-13-27)18-22-39(23-19-36)29-24-31(38-37-25-29)30-14-10-11-15-32(30)45-26-44-5/h7-15,24-25,28H,6,16-23,26H2,1-5H3. The van der Waals surface area contributed by atoms with E-state index < -0.39 is 11.0 Å². The highest BCUT2D eigenvalue weighted by Crippen LogP contribution is 2.40. The quantitative estimate of drug-likeness (QED) is 0.270. The second kappa shape index (κ2) is 14.5. The van der Waals surface area contributed by atoms with Crippen LogP contribution in [0.25, 0.3) is 11.3 Å². The molecule has 0 saturated carbocycles. The van der Waals surface area contributed by atoms with Crippen molar-refractivity contribution in [1.82, 2.24) is 20.0 Å². The largest absolute Gasteiger partial charge is 0.467 e. The van der Waals surface area contributed by atoms with Crippen LogP contribution in [0.1, 0.15) is 58.9 Å². The van der Waals surface area contributed by atoms with E-state index in [1.807, 2.05) is 69.3 Å². The van der Waals surface area contributed by atoms with Crippen molar-refractivity contribution in [3.05, 3.63) is 72.4 Å². The molecule has 2 aromatic carbocycles. The molecule has 0 unspecified atom stereocenters. The van der Waals surface area contributed by atoms with Crippen molar-refractivity contribution in [2.45, 2.75) is 70.4 Å². The van der Waals surface area contributed by atoms with Crippen LogP contribution in [0.15, 0.2) is 66.9 Å². The van der Waals surface area contributed by atoms with Crippen molar-refractivity contribution in [3.8, 4) is 17.0 Å². The second-order valence-electron chi connectivity index (χ2n) is 13.1. The van der Waals surface area contributed by atoms with Crippen molar-refractivity contribution in [3.63, 3.8) is 0 Å². The minimum absolute atomic E-state index is 0.0714. The van der Waals surface area contributed by atoms with Gasteiger partial charge in [0.05, 0.1) is 23.0 Å². The fourth-order valence-electron chi connectivity index (χ4n) is 6.65. The molecular weight excluding hydrogens is 582 g/mol. The summed E-state index contributed by atoms with van der Waals surface area (Å²) in [5.74, 6) is 0.856. The highest BCUT2D eigenvalue weighted by Gasteiger charge is 2.46. The molecule has 0 atom stereocenters. The van der Waals surface area contributed by atoms with Crippen LogP contribution in [0.3, 0.4) is 0 Å². The Bertz CT molecular complexity index is 1460. The minimum Gasteiger partial charge on any atom is -0.467 e. The van der Waals surface area contributed by atoms with Crippen molar-refractivity contribution in [2.24, 2.45) is 0 Å². The Morgan fingerprint density at radius 3 is 2.30 bits per heavy atom. The summed E-state index contributed by atoms with van der Waals surface area (Å²) >= 11 is 0. The molecule has 0 N–H and O–H groups in total. The zero-order valence-electron chi connectivity index (χ0n) is 27.8. The van der Waals surface area contributed by atoms with Crippen LogP contribution >= 0.6 is 0 Å². The molecule has 3 aromatic rings. The molecule has 10 nitrogen and oxygen atoms in total. The smallest absolute Gasteiger partial charge is 0.410 e. The van der Waals surface area contributed by atoms with Crippen molar-refractivity contribution >= 4 is 17.7 Å². The van der Waals surface area contributed by atoms with Gasteiger partial charge < -0.3 is 28.9 Å². The number of piperidine rings is 2. The maximum absolute atomic E-state index is 14.7. The van der Waals surface area contributed by atoms with E-state index in [0.717, 1.165) is 35.3 Å². The van der Waals surface area contributed by atoms with Crippen molar-refractivity contribution < 1.29 is 23.8 Å². The molecule has 5 rings (SSSR count). The summed E-state index contributed by atoms with van der Waals surface area (Å²) in [4.78, 5) is 33.5. The lowest BCUT2D eigenvalue weighted by Gasteiger charge is -2.47. The molecule has 2 amide bonds. The average molecular weight is 630 g/mol. The van der Waals surface area contributed by atoms with Gasteiger partial charge in [-0.1, -0.05) is 42.5 Å². The fraction of sp³-hybridized carbons (Fsp3) is 0.500. The predicted octanol–water partition coefficient (Wildman–Crippen LogP) is 5.91. The van der Waals surface area contributed by atoms with E-state index in [1.54, 1.807) is 18.2 Å². The molecule has 0 aliphatic carbocycles. The molecule has 10 heteroatoms. The first-order valence-corrected chi connectivity index (χ1v) is 16.3.